The molecule has 0 aromatic rings. The van der Waals surface area contributed by atoms with E-state index in [1.165, 1.54) is 19.6 Å². The first kappa shape index (κ1) is 10.7. The average molecular weight is 183 g/mol. The first-order valence-electron chi connectivity index (χ1n) is 5.05. The van der Waals surface area contributed by atoms with E-state index in [0.29, 0.717) is 0 Å². The quantitative estimate of drug-likeness (QED) is 0.606. The van der Waals surface area contributed by atoms with Crippen LogP contribution in [0.3, 0.4) is 0 Å². The molecule has 0 aliphatic carbocycles. The normalized spacial score (nSPS) is 19.2. The Morgan fingerprint density at radius 2 is 2.15 bits per heavy atom. The number of rotatable bonds is 5. The van der Waals surface area contributed by atoms with E-state index in [-0.39, 0.29) is 0 Å². The molecule has 0 amide bonds. The first-order chi connectivity index (χ1) is 6.33. The van der Waals surface area contributed by atoms with E-state index in [1.807, 2.05) is 6.08 Å². The number of nitrogens with one attached hydrogen (secondary N) is 1. The van der Waals surface area contributed by atoms with Crippen molar-refractivity contribution in [1.29, 1.82) is 0 Å². The summed E-state index contributed by atoms with van der Waals surface area (Å²) in [6.07, 6.45) is 1.96. The minimum absolute atomic E-state index is 0.992. The van der Waals surface area contributed by atoms with Gasteiger partial charge in [-0.15, -0.1) is 6.58 Å². The Morgan fingerprint density at radius 3 is 2.77 bits per heavy atom. The highest BCUT2D eigenvalue weighted by atomic mass is 15.2. The van der Waals surface area contributed by atoms with E-state index >= 15 is 0 Å². The molecule has 1 fully saturated rings. The van der Waals surface area contributed by atoms with Gasteiger partial charge in [-0.2, -0.15) is 0 Å². The molecular formula is C10H21N3. The maximum atomic E-state index is 3.73. The summed E-state index contributed by atoms with van der Waals surface area (Å²) in [6, 6.07) is 0. The van der Waals surface area contributed by atoms with Crippen molar-refractivity contribution in [2.75, 3.05) is 52.9 Å². The highest BCUT2D eigenvalue weighted by molar-refractivity contribution is 4.73. The number of hydrogen-bond donors (Lipinski definition) is 1. The molecule has 3 heteroatoms. The van der Waals surface area contributed by atoms with Gasteiger partial charge in [-0.05, 0) is 7.05 Å². The van der Waals surface area contributed by atoms with Crippen molar-refractivity contribution < 1.29 is 0 Å². The van der Waals surface area contributed by atoms with Gasteiger partial charge in [0.05, 0.1) is 0 Å². The van der Waals surface area contributed by atoms with Crippen LogP contribution in [0, 0.1) is 0 Å². The highest BCUT2D eigenvalue weighted by Crippen LogP contribution is 1.92. The predicted octanol–water partition coefficient (Wildman–Crippen LogP) is 0.00940. The van der Waals surface area contributed by atoms with E-state index < -0.39 is 0 Å². The Bertz CT molecular complexity index is 141. The van der Waals surface area contributed by atoms with Crippen LogP contribution in [0.5, 0.6) is 0 Å². The lowest BCUT2D eigenvalue weighted by molar-refractivity contribution is 0.211. The van der Waals surface area contributed by atoms with Gasteiger partial charge in [-0.3, -0.25) is 4.90 Å². The molecule has 0 unspecified atom stereocenters. The third-order valence-corrected chi connectivity index (χ3v) is 2.45. The highest BCUT2D eigenvalue weighted by Gasteiger charge is 2.08. The van der Waals surface area contributed by atoms with Crippen molar-refractivity contribution in [2.45, 2.75) is 0 Å². The van der Waals surface area contributed by atoms with Gasteiger partial charge < -0.3 is 10.2 Å². The maximum absolute atomic E-state index is 3.73. The lowest BCUT2D eigenvalue weighted by Crippen LogP contribution is -2.45. The van der Waals surface area contributed by atoms with Crippen LogP contribution < -0.4 is 5.32 Å². The van der Waals surface area contributed by atoms with Crippen LogP contribution in [0.25, 0.3) is 0 Å². The van der Waals surface area contributed by atoms with Crippen molar-refractivity contribution in [3.63, 3.8) is 0 Å². The molecule has 0 spiro atoms. The molecule has 1 heterocycles. The number of likely N-dealkylation sites (N-methyl/N-ethyl adjacent to an activating group) is 1. The molecule has 0 radical (unpaired) electrons. The van der Waals surface area contributed by atoms with Crippen molar-refractivity contribution in [3.8, 4) is 0 Å². The van der Waals surface area contributed by atoms with E-state index in [4.69, 9.17) is 0 Å². The van der Waals surface area contributed by atoms with Crippen LogP contribution >= 0.6 is 0 Å². The Balaban J connectivity index is 2.06. The molecule has 1 N–H and O–H groups in total. The minimum atomic E-state index is 0.992. The Kier molecular flexibility index (Phi) is 5.05. The summed E-state index contributed by atoms with van der Waals surface area (Å²) in [5, 5.41) is 3.36. The minimum Gasteiger partial charge on any atom is -0.314 e. The number of piperazine rings is 1. The number of hydrogen-bond acceptors (Lipinski definition) is 3. The second-order valence-corrected chi connectivity index (χ2v) is 3.64. The fourth-order valence-corrected chi connectivity index (χ4v) is 1.56. The summed E-state index contributed by atoms with van der Waals surface area (Å²) in [4.78, 5) is 4.81. The van der Waals surface area contributed by atoms with Gasteiger partial charge in [0.2, 0.25) is 0 Å². The third-order valence-electron chi connectivity index (χ3n) is 2.45. The van der Waals surface area contributed by atoms with Gasteiger partial charge in [-0.1, -0.05) is 6.08 Å². The van der Waals surface area contributed by atoms with Gasteiger partial charge in [0.1, 0.15) is 0 Å². The van der Waals surface area contributed by atoms with Crippen molar-refractivity contribution in [2.24, 2.45) is 0 Å². The predicted molar refractivity (Wildman–Crippen MR) is 57.0 cm³/mol. The third kappa shape index (κ3) is 4.41. The van der Waals surface area contributed by atoms with Crippen LogP contribution in [0.1, 0.15) is 0 Å². The van der Waals surface area contributed by atoms with Gasteiger partial charge in [-0.25, -0.2) is 0 Å². The lowest BCUT2D eigenvalue weighted by atomic mass is 10.3. The summed E-state index contributed by atoms with van der Waals surface area (Å²) in [6.45, 7) is 11.7. The van der Waals surface area contributed by atoms with Crippen LogP contribution in [-0.2, 0) is 0 Å². The molecule has 1 aliphatic rings. The molecule has 0 atom stereocenters. The molecular weight excluding hydrogens is 162 g/mol. The molecule has 13 heavy (non-hydrogen) atoms. The monoisotopic (exact) mass is 183 g/mol. The standard InChI is InChI=1S/C10H21N3/c1-3-6-12(2)9-10-13-7-4-11-5-8-13/h3,11H,1,4-10H2,2H3. The molecule has 0 saturated carbocycles. The van der Waals surface area contributed by atoms with Crippen molar-refractivity contribution in [3.05, 3.63) is 12.7 Å². The SMILES string of the molecule is C=CCN(C)CCN1CCNCC1. The summed E-state index contributed by atoms with van der Waals surface area (Å²) in [7, 11) is 2.14. The Labute approximate surface area is 81.4 Å². The van der Waals surface area contributed by atoms with E-state index in [2.05, 4.69) is 28.7 Å². The largest absolute Gasteiger partial charge is 0.314 e. The number of nitrogens with zero attached hydrogens (tertiary/aromatic N) is 2. The second kappa shape index (κ2) is 6.13. The van der Waals surface area contributed by atoms with Crippen LogP contribution in [0.15, 0.2) is 12.7 Å². The molecule has 76 valence electrons. The zero-order chi connectivity index (χ0) is 9.52. The molecule has 1 saturated heterocycles. The van der Waals surface area contributed by atoms with Crippen LogP contribution in [0.2, 0.25) is 0 Å². The smallest absolute Gasteiger partial charge is 0.0158 e. The van der Waals surface area contributed by atoms with Crippen LogP contribution in [0.4, 0.5) is 0 Å². The van der Waals surface area contributed by atoms with Gasteiger partial charge in [0.15, 0.2) is 0 Å². The fourth-order valence-electron chi connectivity index (χ4n) is 1.56. The van der Waals surface area contributed by atoms with E-state index in [1.54, 1.807) is 0 Å². The van der Waals surface area contributed by atoms with Crippen molar-refractivity contribution in [1.82, 2.24) is 15.1 Å². The van der Waals surface area contributed by atoms with E-state index in [0.717, 1.165) is 26.2 Å². The maximum Gasteiger partial charge on any atom is 0.0158 e. The molecule has 3 nitrogen and oxygen atoms in total. The van der Waals surface area contributed by atoms with Gasteiger partial charge >= 0.3 is 0 Å². The lowest BCUT2D eigenvalue weighted by Gasteiger charge is -2.28. The molecule has 1 rings (SSSR count). The van der Waals surface area contributed by atoms with Gasteiger partial charge in [0.25, 0.3) is 0 Å². The fraction of sp³-hybridized carbons (Fsp3) is 0.800. The topological polar surface area (TPSA) is 18.5 Å². The van der Waals surface area contributed by atoms with E-state index in [9.17, 15) is 0 Å². The Morgan fingerprint density at radius 1 is 1.46 bits per heavy atom. The average Bonchev–Trinajstić information content (AvgIpc) is 2.17. The Hall–Kier alpha value is -0.380. The van der Waals surface area contributed by atoms with Crippen LogP contribution in [-0.4, -0.2) is 62.7 Å². The molecule has 1 aliphatic heterocycles. The van der Waals surface area contributed by atoms with Gasteiger partial charge in [0, 0.05) is 45.8 Å². The summed E-state index contributed by atoms with van der Waals surface area (Å²) < 4.78 is 0. The molecule has 0 aromatic carbocycles. The first-order valence-corrected chi connectivity index (χ1v) is 5.05. The molecule has 0 bridgehead atoms. The summed E-state index contributed by atoms with van der Waals surface area (Å²) >= 11 is 0. The zero-order valence-electron chi connectivity index (χ0n) is 8.63. The van der Waals surface area contributed by atoms with Crippen molar-refractivity contribution >= 4 is 0 Å². The summed E-state index contributed by atoms with van der Waals surface area (Å²) in [5.74, 6) is 0. The summed E-state index contributed by atoms with van der Waals surface area (Å²) in [5.41, 5.74) is 0. The zero-order valence-corrected chi connectivity index (χ0v) is 8.63. The second-order valence-electron chi connectivity index (χ2n) is 3.64. The molecule has 0 aromatic heterocycles.